The minimum atomic E-state index is 0. The standard InChI is InChI=1S/C20H27N3O2.HI/c1-21-20(23-14-15-24-2)22-13-12-17-8-10-19(11-9-17)25-16-18-6-4-3-5-7-18;/h3-11H,12-16H2,1-2H3,(H2,21,22,23);1H. The summed E-state index contributed by atoms with van der Waals surface area (Å²) in [5.41, 5.74) is 2.43. The maximum absolute atomic E-state index is 5.81. The number of nitrogens with zero attached hydrogens (tertiary/aromatic N) is 1. The molecule has 0 atom stereocenters. The Morgan fingerprint density at radius 3 is 2.27 bits per heavy atom. The lowest BCUT2D eigenvalue weighted by atomic mass is 10.1. The maximum Gasteiger partial charge on any atom is 0.191 e. The predicted octanol–water partition coefficient (Wildman–Crippen LogP) is 3.24. The Labute approximate surface area is 173 Å². The predicted molar refractivity (Wildman–Crippen MR) is 118 cm³/mol. The highest BCUT2D eigenvalue weighted by atomic mass is 127. The first kappa shape index (κ1) is 22.2. The molecule has 142 valence electrons. The summed E-state index contributed by atoms with van der Waals surface area (Å²) in [6.45, 7) is 2.80. The highest BCUT2D eigenvalue weighted by Gasteiger charge is 1.99. The first-order valence-electron chi connectivity index (χ1n) is 8.51. The lowest BCUT2D eigenvalue weighted by Gasteiger charge is -2.12. The van der Waals surface area contributed by atoms with Crippen LogP contribution < -0.4 is 15.4 Å². The molecule has 26 heavy (non-hydrogen) atoms. The van der Waals surface area contributed by atoms with Crippen LogP contribution in [0, 0.1) is 0 Å². The van der Waals surface area contributed by atoms with Crippen LogP contribution in [0.5, 0.6) is 5.75 Å². The molecule has 0 saturated carbocycles. The van der Waals surface area contributed by atoms with Gasteiger partial charge in [-0.3, -0.25) is 4.99 Å². The number of halogens is 1. The first-order valence-corrected chi connectivity index (χ1v) is 8.51. The number of methoxy groups -OCH3 is 1. The minimum Gasteiger partial charge on any atom is -0.489 e. The Hall–Kier alpha value is -1.80. The number of rotatable bonds is 9. The van der Waals surface area contributed by atoms with Gasteiger partial charge >= 0.3 is 0 Å². The molecule has 0 radical (unpaired) electrons. The third-order valence-corrected chi connectivity index (χ3v) is 3.70. The van der Waals surface area contributed by atoms with Gasteiger partial charge in [0.1, 0.15) is 12.4 Å². The van der Waals surface area contributed by atoms with Gasteiger partial charge in [0.25, 0.3) is 0 Å². The molecule has 0 fully saturated rings. The van der Waals surface area contributed by atoms with Gasteiger partial charge in [0.05, 0.1) is 6.61 Å². The molecule has 0 aliphatic carbocycles. The molecule has 0 saturated heterocycles. The SMILES string of the molecule is CN=C(NCCOC)NCCc1ccc(OCc2ccccc2)cc1.I. The highest BCUT2D eigenvalue weighted by Crippen LogP contribution is 2.14. The van der Waals surface area contributed by atoms with Gasteiger partial charge in [-0.15, -0.1) is 24.0 Å². The summed E-state index contributed by atoms with van der Waals surface area (Å²) in [6.07, 6.45) is 0.921. The summed E-state index contributed by atoms with van der Waals surface area (Å²) in [5, 5.41) is 6.48. The van der Waals surface area contributed by atoms with Crippen molar-refractivity contribution >= 4 is 29.9 Å². The van der Waals surface area contributed by atoms with Crippen LogP contribution in [0.4, 0.5) is 0 Å². The zero-order chi connectivity index (χ0) is 17.7. The third-order valence-electron chi connectivity index (χ3n) is 3.70. The van der Waals surface area contributed by atoms with Crippen LogP contribution in [-0.2, 0) is 17.8 Å². The van der Waals surface area contributed by atoms with Crippen LogP contribution in [0.15, 0.2) is 59.6 Å². The van der Waals surface area contributed by atoms with Crippen molar-refractivity contribution in [2.45, 2.75) is 13.0 Å². The fourth-order valence-electron chi connectivity index (χ4n) is 2.31. The average Bonchev–Trinajstić information content (AvgIpc) is 2.67. The smallest absolute Gasteiger partial charge is 0.191 e. The molecule has 0 bridgehead atoms. The van der Waals surface area contributed by atoms with E-state index in [4.69, 9.17) is 9.47 Å². The molecule has 2 aromatic rings. The van der Waals surface area contributed by atoms with Crippen molar-refractivity contribution in [3.63, 3.8) is 0 Å². The Morgan fingerprint density at radius 1 is 0.923 bits per heavy atom. The fraction of sp³-hybridized carbons (Fsp3) is 0.350. The monoisotopic (exact) mass is 469 g/mol. The van der Waals surface area contributed by atoms with E-state index in [1.54, 1.807) is 14.2 Å². The molecule has 0 unspecified atom stereocenters. The molecule has 2 rings (SSSR count). The third kappa shape index (κ3) is 8.53. The summed E-state index contributed by atoms with van der Waals surface area (Å²) < 4.78 is 10.8. The number of benzene rings is 2. The summed E-state index contributed by atoms with van der Waals surface area (Å²) in [7, 11) is 3.45. The molecule has 0 spiro atoms. The Bertz CT molecular complexity index is 633. The minimum absolute atomic E-state index is 0. The molecule has 0 aliphatic heterocycles. The van der Waals surface area contributed by atoms with Crippen molar-refractivity contribution in [3.05, 3.63) is 65.7 Å². The Kier molecular flexibility index (Phi) is 11.5. The zero-order valence-electron chi connectivity index (χ0n) is 15.4. The topological polar surface area (TPSA) is 54.9 Å². The molecule has 2 aromatic carbocycles. The van der Waals surface area contributed by atoms with E-state index in [0.29, 0.717) is 13.2 Å². The van der Waals surface area contributed by atoms with E-state index in [1.165, 1.54) is 11.1 Å². The number of guanidine groups is 1. The van der Waals surface area contributed by atoms with Gasteiger partial charge in [-0.25, -0.2) is 0 Å². The van der Waals surface area contributed by atoms with Gasteiger partial charge in [-0.1, -0.05) is 42.5 Å². The average molecular weight is 469 g/mol. The van der Waals surface area contributed by atoms with Gasteiger partial charge in [-0.05, 0) is 29.7 Å². The summed E-state index contributed by atoms with van der Waals surface area (Å²) >= 11 is 0. The van der Waals surface area contributed by atoms with Crippen LogP contribution in [0.2, 0.25) is 0 Å². The van der Waals surface area contributed by atoms with Crippen LogP contribution >= 0.6 is 24.0 Å². The van der Waals surface area contributed by atoms with E-state index < -0.39 is 0 Å². The van der Waals surface area contributed by atoms with E-state index in [1.807, 2.05) is 30.3 Å². The zero-order valence-corrected chi connectivity index (χ0v) is 17.7. The van der Waals surface area contributed by atoms with E-state index >= 15 is 0 Å². The van der Waals surface area contributed by atoms with Crippen LogP contribution in [-0.4, -0.2) is 39.8 Å². The lowest BCUT2D eigenvalue weighted by molar-refractivity contribution is 0.203. The first-order chi connectivity index (χ1) is 12.3. The van der Waals surface area contributed by atoms with E-state index in [-0.39, 0.29) is 24.0 Å². The number of nitrogens with one attached hydrogen (secondary N) is 2. The van der Waals surface area contributed by atoms with Crippen molar-refractivity contribution in [1.29, 1.82) is 0 Å². The van der Waals surface area contributed by atoms with Crippen LogP contribution in [0.3, 0.4) is 0 Å². The summed E-state index contributed by atoms with van der Waals surface area (Å²) in [4.78, 5) is 4.18. The molecule has 2 N–H and O–H groups in total. The van der Waals surface area contributed by atoms with Gasteiger partial charge in [0.15, 0.2) is 5.96 Å². The van der Waals surface area contributed by atoms with Crippen molar-refractivity contribution in [2.24, 2.45) is 4.99 Å². The Morgan fingerprint density at radius 2 is 1.62 bits per heavy atom. The molecule has 0 amide bonds. The van der Waals surface area contributed by atoms with E-state index in [0.717, 1.165) is 31.2 Å². The highest BCUT2D eigenvalue weighted by molar-refractivity contribution is 14.0. The van der Waals surface area contributed by atoms with Crippen LogP contribution in [0.1, 0.15) is 11.1 Å². The van der Waals surface area contributed by atoms with Gasteiger partial charge in [0, 0.05) is 27.2 Å². The maximum atomic E-state index is 5.81. The fourth-order valence-corrected chi connectivity index (χ4v) is 2.31. The molecular weight excluding hydrogens is 441 g/mol. The lowest BCUT2D eigenvalue weighted by Crippen LogP contribution is -2.39. The number of aliphatic imine (C=N–C) groups is 1. The van der Waals surface area contributed by atoms with Crippen LogP contribution in [0.25, 0.3) is 0 Å². The second kappa shape index (κ2) is 13.4. The van der Waals surface area contributed by atoms with Crippen molar-refractivity contribution in [3.8, 4) is 5.75 Å². The number of hydrogen-bond acceptors (Lipinski definition) is 3. The van der Waals surface area contributed by atoms with Crippen molar-refractivity contribution in [2.75, 3.05) is 33.9 Å². The quantitative estimate of drug-likeness (QED) is 0.256. The van der Waals surface area contributed by atoms with Gasteiger partial charge in [-0.2, -0.15) is 0 Å². The molecule has 6 heteroatoms. The van der Waals surface area contributed by atoms with Crippen molar-refractivity contribution in [1.82, 2.24) is 10.6 Å². The molecule has 0 aliphatic rings. The molecule has 5 nitrogen and oxygen atoms in total. The van der Waals surface area contributed by atoms with E-state index in [9.17, 15) is 0 Å². The largest absolute Gasteiger partial charge is 0.489 e. The number of hydrogen-bond donors (Lipinski definition) is 2. The normalized spacial score (nSPS) is 10.8. The molecular formula is C20H28IN3O2. The molecule has 0 heterocycles. The molecule has 0 aromatic heterocycles. The second-order valence-corrected chi connectivity index (χ2v) is 5.59. The van der Waals surface area contributed by atoms with Gasteiger partial charge < -0.3 is 20.1 Å². The van der Waals surface area contributed by atoms with Crippen molar-refractivity contribution < 1.29 is 9.47 Å². The number of ether oxygens (including phenoxy) is 2. The van der Waals surface area contributed by atoms with Gasteiger partial charge in [0.2, 0.25) is 0 Å². The summed E-state index contributed by atoms with van der Waals surface area (Å²) in [6, 6.07) is 18.4. The Balaban J connectivity index is 0.00000338. The van der Waals surface area contributed by atoms with E-state index in [2.05, 4.69) is 39.9 Å². The second-order valence-electron chi connectivity index (χ2n) is 5.59. The summed E-state index contributed by atoms with van der Waals surface area (Å²) in [5.74, 6) is 1.68.